The van der Waals surface area contributed by atoms with E-state index in [9.17, 15) is 9.90 Å². The van der Waals surface area contributed by atoms with Crippen LogP contribution in [0.4, 0.5) is 0 Å². The van der Waals surface area contributed by atoms with Crippen molar-refractivity contribution in [2.45, 2.75) is 50.7 Å². The maximum absolute atomic E-state index is 13.1. The number of carbonyl (C=O) groups excluding carboxylic acids is 1. The van der Waals surface area contributed by atoms with Gasteiger partial charge < -0.3 is 10.0 Å². The van der Waals surface area contributed by atoms with Crippen LogP contribution in [-0.4, -0.2) is 28.5 Å². The molecule has 1 saturated carbocycles. The summed E-state index contributed by atoms with van der Waals surface area (Å²) in [5, 5.41) is 10.6. The van der Waals surface area contributed by atoms with Gasteiger partial charge in [0.05, 0.1) is 6.10 Å². The number of benzene rings is 2. The van der Waals surface area contributed by atoms with Gasteiger partial charge in [0, 0.05) is 18.5 Å². The van der Waals surface area contributed by atoms with Crippen molar-refractivity contribution in [3.05, 3.63) is 71.3 Å². The van der Waals surface area contributed by atoms with Crippen LogP contribution < -0.4 is 0 Å². The first kappa shape index (κ1) is 17.3. The highest BCUT2D eigenvalue weighted by atomic mass is 16.3. The molecule has 1 N–H and O–H groups in total. The zero-order valence-corrected chi connectivity index (χ0v) is 15.3. The lowest BCUT2D eigenvalue weighted by molar-refractivity contribution is -0.134. The second kappa shape index (κ2) is 7.24. The van der Waals surface area contributed by atoms with Gasteiger partial charge in [-0.05, 0) is 55.2 Å². The highest BCUT2D eigenvalue weighted by Gasteiger charge is 2.48. The van der Waals surface area contributed by atoms with Crippen LogP contribution in [0.1, 0.15) is 54.4 Å². The third-order valence-electron chi connectivity index (χ3n) is 6.04. The minimum atomic E-state index is -0.499. The molecule has 0 radical (unpaired) electrons. The number of rotatable bonds is 5. The average Bonchev–Trinajstić information content (AvgIpc) is 3.33. The first-order valence-electron chi connectivity index (χ1n) is 9.74. The van der Waals surface area contributed by atoms with Crippen LogP contribution in [0.25, 0.3) is 0 Å². The number of hydrogen-bond acceptors (Lipinski definition) is 2. The van der Waals surface area contributed by atoms with Crippen molar-refractivity contribution < 1.29 is 9.90 Å². The molecule has 2 aliphatic rings. The van der Waals surface area contributed by atoms with Crippen molar-refractivity contribution >= 4 is 5.91 Å². The van der Waals surface area contributed by atoms with Gasteiger partial charge in [0.25, 0.3) is 0 Å². The van der Waals surface area contributed by atoms with Crippen molar-refractivity contribution in [1.82, 2.24) is 4.90 Å². The summed E-state index contributed by atoms with van der Waals surface area (Å²) in [7, 11) is 0. The Kier molecular flexibility index (Phi) is 4.82. The van der Waals surface area contributed by atoms with Crippen LogP contribution in [0, 0.1) is 12.8 Å². The van der Waals surface area contributed by atoms with Gasteiger partial charge in [-0.3, -0.25) is 4.79 Å². The zero-order valence-electron chi connectivity index (χ0n) is 15.3. The fourth-order valence-corrected chi connectivity index (χ4v) is 4.47. The molecule has 1 aliphatic heterocycles. The number of nitrogens with zero attached hydrogens (tertiary/aromatic N) is 1. The molecule has 3 nitrogen and oxygen atoms in total. The summed E-state index contributed by atoms with van der Waals surface area (Å²) in [4.78, 5) is 15.1. The lowest BCUT2D eigenvalue weighted by Gasteiger charge is -2.27. The van der Waals surface area contributed by atoms with E-state index in [2.05, 4.69) is 36.1 Å². The molecule has 0 spiro atoms. The van der Waals surface area contributed by atoms with Crippen molar-refractivity contribution in [2.75, 3.05) is 6.54 Å². The van der Waals surface area contributed by atoms with Gasteiger partial charge in [0.15, 0.2) is 0 Å². The summed E-state index contributed by atoms with van der Waals surface area (Å²) in [6, 6.07) is 18.4. The lowest BCUT2D eigenvalue weighted by Crippen LogP contribution is -2.37. The van der Waals surface area contributed by atoms with Gasteiger partial charge in [-0.15, -0.1) is 0 Å². The van der Waals surface area contributed by atoms with Gasteiger partial charge in [-0.2, -0.15) is 0 Å². The first-order chi connectivity index (χ1) is 12.6. The van der Waals surface area contributed by atoms with Crippen LogP contribution in [0.2, 0.25) is 0 Å². The van der Waals surface area contributed by atoms with E-state index < -0.39 is 6.10 Å². The largest absolute Gasteiger partial charge is 0.388 e. The van der Waals surface area contributed by atoms with E-state index in [1.54, 1.807) is 0 Å². The molecule has 0 bridgehead atoms. The van der Waals surface area contributed by atoms with Crippen molar-refractivity contribution in [3.8, 4) is 0 Å². The Balaban J connectivity index is 1.41. The molecule has 1 saturated heterocycles. The SMILES string of the molecule is Cc1ccccc1C1CC1C(=O)N1CCCC1CC(O)c1ccccc1. The highest BCUT2D eigenvalue weighted by molar-refractivity contribution is 5.83. The molecule has 4 rings (SSSR count). The number of aryl methyl sites for hydroxylation is 1. The quantitative estimate of drug-likeness (QED) is 0.878. The van der Waals surface area contributed by atoms with Gasteiger partial charge in [-0.25, -0.2) is 0 Å². The molecule has 0 aromatic heterocycles. The van der Waals surface area contributed by atoms with E-state index >= 15 is 0 Å². The molecule has 4 atom stereocenters. The highest BCUT2D eigenvalue weighted by Crippen LogP contribution is 2.50. The van der Waals surface area contributed by atoms with Crippen LogP contribution in [0.5, 0.6) is 0 Å². The van der Waals surface area contributed by atoms with E-state index in [1.807, 2.05) is 30.3 Å². The van der Waals surface area contributed by atoms with Crippen LogP contribution in [0.15, 0.2) is 54.6 Å². The molecular formula is C23H27NO2. The van der Waals surface area contributed by atoms with E-state index in [0.717, 1.165) is 31.4 Å². The van der Waals surface area contributed by atoms with Crippen molar-refractivity contribution in [3.63, 3.8) is 0 Å². The molecule has 26 heavy (non-hydrogen) atoms. The molecule has 1 amide bonds. The summed E-state index contributed by atoms with van der Waals surface area (Å²) in [5.41, 5.74) is 3.55. The molecule has 4 unspecified atom stereocenters. The molecule has 3 heteroatoms. The van der Waals surface area contributed by atoms with Gasteiger partial charge >= 0.3 is 0 Å². The minimum Gasteiger partial charge on any atom is -0.388 e. The molecule has 2 fully saturated rings. The Bertz CT molecular complexity index is 773. The fraction of sp³-hybridized carbons (Fsp3) is 0.435. The standard InChI is InChI=1S/C23H27NO2/c1-16-8-5-6-12-19(16)20-15-21(20)23(26)24-13-7-11-18(24)14-22(25)17-9-3-2-4-10-17/h2-6,8-10,12,18,20-22,25H,7,11,13-15H2,1H3. The summed E-state index contributed by atoms with van der Waals surface area (Å²) < 4.78 is 0. The zero-order chi connectivity index (χ0) is 18.1. The van der Waals surface area contributed by atoms with Gasteiger partial charge in [0.1, 0.15) is 0 Å². The third-order valence-corrected chi connectivity index (χ3v) is 6.04. The minimum absolute atomic E-state index is 0.130. The molecule has 2 aromatic rings. The van der Waals surface area contributed by atoms with Crippen LogP contribution in [-0.2, 0) is 4.79 Å². The van der Waals surface area contributed by atoms with E-state index in [0.29, 0.717) is 18.2 Å². The second-order valence-electron chi connectivity index (χ2n) is 7.80. The van der Waals surface area contributed by atoms with Gasteiger partial charge in [0.2, 0.25) is 5.91 Å². The Labute approximate surface area is 155 Å². The smallest absolute Gasteiger partial charge is 0.226 e. The Morgan fingerprint density at radius 2 is 1.88 bits per heavy atom. The van der Waals surface area contributed by atoms with E-state index in [-0.39, 0.29) is 12.0 Å². The van der Waals surface area contributed by atoms with Crippen molar-refractivity contribution in [1.29, 1.82) is 0 Å². The monoisotopic (exact) mass is 349 g/mol. The Morgan fingerprint density at radius 1 is 1.15 bits per heavy atom. The van der Waals surface area contributed by atoms with E-state index in [1.165, 1.54) is 11.1 Å². The van der Waals surface area contributed by atoms with E-state index in [4.69, 9.17) is 0 Å². The summed E-state index contributed by atoms with van der Waals surface area (Å²) in [6.07, 6.45) is 3.14. The predicted octanol–water partition coefficient (Wildman–Crippen LogP) is 4.21. The molecule has 136 valence electrons. The molecular weight excluding hydrogens is 322 g/mol. The predicted molar refractivity (Wildman–Crippen MR) is 103 cm³/mol. The average molecular weight is 349 g/mol. The third kappa shape index (κ3) is 3.41. The number of amides is 1. The Hall–Kier alpha value is -2.13. The van der Waals surface area contributed by atoms with Crippen LogP contribution >= 0.6 is 0 Å². The second-order valence-corrected chi connectivity index (χ2v) is 7.80. The maximum Gasteiger partial charge on any atom is 0.226 e. The first-order valence-corrected chi connectivity index (χ1v) is 9.74. The number of aliphatic hydroxyl groups excluding tert-OH is 1. The molecule has 1 aliphatic carbocycles. The number of hydrogen-bond donors (Lipinski definition) is 1. The molecule has 2 aromatic carbocycles. The Morgan fingerprint density at radius 3 is 2.65 bits per heavy atom. The molecule has 1 heterocycles. The number of aliphatic hydroxyl groups is 1. The number of carbonyl (C=O) groups is 1. The van der Waals surface area contributed by atoms with Crippen LogP contribution in [0.3, 0.4) is 0 Å². The summed E-state index contributed by atoms with van der Waals surface area (Å²) >= 11 is 0. The van der Waals surface area contributed by atoms with Crippen molar-refractivity contribution in [2.24, 2.45) is 5.92 Å². The summed E-state index contributed by atoms with van der Waals surface area (Å²) in [6.45, 7) is 2.96. The topological polar surface area (TPSA) is 40.5 Å². The maximum atomic E-state index is 13.1. The lowest BCUT2D eigenvalue weighted by atomic mass is 10.00. The fourth-order valence-electron chi connectivity index (χ4n) is 4.47. The van der Waals surface area contributed by atoms with Gasteiger partial charge in [-0.1, -0.05) is 54.6 Å². The normalized spacial score (nSPS) is 25.9. The number of likely N-dealkylation sites (tertiary alicyclic amines) is 1. The summed E-state index contributed by atoms with van der Waals surface area (Å²) in [5.74, 6) is 0.801.